The highest BCUT2D eigenvalue weighted by atomic mass is 79.9. The first-order chi connectivity index (χ1) is 8.73. The van der Waals surface area contributed by atoms with Gasteiger partial charge in [0.25, 0.3) is 0 Å². The highest BCUT2D eigenvalue weighted by Crippen LogP contribution is 2.26. The average Bonchev–Trinajstić information content (AvgIpc) is 2.27. The zero-order chi connectivity index (χ0) is 14.6. The third-order valence-corrected chi connectivity index (χ3v) is 3.29. The maximum Gasteiger partial charge on any atom is 0.224 e. The molecule has 0 saturated heterocycles. The summed E-state index contributed by atoms with van der Waals surface area (Å²) in [5.74, 6) is 0.820. The molecule has 0 radical (unpaired) electrons. The van der Waals surface area contributed by atoms with E-state index in [1.807, 2.05) is 32.0 Å². The van der Waals surface area contributed by atoms with E-state index in [0.717, 1.165) is 15.8 Å². The topological polar surface area (TPSA) is 55.6 Å². The number of nitrogens with zero attached hydrogens (tertiary/aromatic N) is 1. The molecule has 0 fully saturated rings. The van der Waals surface area contributed by atoms with Crippen LogP contribution in [0.15, 0.2) is 22.7 Å². The first kappa shape index (κ1) is 16.0. The first-order valence-electron chi connectivity index (χ1n) is 6.08. The van der Waals surface area contributed by atoms with Crippen LogP contribution < -0.4 is 10.5 Å². The molecule has 0 saturated carbocycles. The highest BCUT2D eigenvalue weighted by Gasteiger charge is 2.19. The molecule has 1 amide bonds. The van der Waals surface area contributed by atoms with Crippen LogP contribution >= 0.6 is 15.9 Å². The molecule has 0 unspecified atom stereocenters. The molecular formula is C14H21BrN2O2. The van der Waals surface area contributed by atoms with Crippen LogP contribution in [0.4, 0.5) is 0 Å². The van der Waals surface area contributed by atoms with Gasteiger partial charge in [0.1, 0.15) is 5.75 Å². The Morgan fingerprint density at radius 1 is 1.47 bits per heavy atom. The van der Waals surface area contributed by atoms with Gasteiger partial charge in [-0.3, -0.25) is 4.79 Å². The molecule has 0 aliphatic rings. The number of methoxy groups -OCH3 is 1. The molecule has 1 rings (SSSR count). The van der Waals surface area contributed by atoms with Gasteiger partial charge >= 0.3 is 0 Å². The highest BCUT2D eigenvalue weighted by molar-refractivity contribution is 9.10. The summed E-state index contributed by atoms with van der Waals surface area (Å²) in [6.07, 6.45) is 0.334. The summed E-state index contributed by atoms with van der Waals surface area (Å²) in [6, 6.07) is 5.78. The van der Waals surface area contributed by atoms with Gasteiger partial charge in [-0.1, -0.05) is 6.07 Å². The van der Waals surface area contributed by atoms with E-state index in [1.165, 1.54) is 0 Å². The Morgan fingerprint density at radius 2 is 2.11 bits per heavy atom. The molecule has 5 heteroatoms. The number of amides is 1. The molecule has 106 valence electrons. The van der Waals surface area contributed by atoms with Crippen molar-refractivity contribution < 1.29 is 9.53 Å². The van der Waals surface area contributed by atoms with Crippen molar-refractivity contribution in [3.63, 3.8) is 0 Å². The fourth-order valence-electron chi connectivity index (χ4n) is 1.69. The van der Waals surface area contributed by atoms with Gasteiger partial charge in [0, 0.05) is 25.6 Å². The van der Waals surface area contributed by atoms with E-state index < -0.39 is 5.54 Å². The minimum Gasteiger partial charge on any atom is -0.496 e. The van der Waals surface area contributed by atoms with Crippen LogP contribution in [0.3, 0.4) is 0 Å². The Morgan fingerprint density at radius 3 is 2.58 bits per heavy atom. The Bertz CT molecular complexity index is 455. The van der Waals surface area contributed by atoms with Gasteiger partial charge in [0.15, 0.2) is 0 Å². The lowest BCUT2D eigenvalue weighted by molar-refractivity contribution is -0.131. The molecule has 1 aromatic rings. The second-order valence-corrected chi connectivity index (χ2v) is 6.24. The molecule has 19 heavy (non-hydrogen) atoms. The summed E-state index contributed by atoms with van der Waals surface area (Å²) in [5, 5.41) is 0. The van der Waals surface area contributed by atoms with Crippen molar-refractivity contribution in [2.45, 2.75) is 32.4 Å². The van der Waals surface area contributed by atoms with Crippen LogP contribution in [-0.2, 0) is 11.3 Å². The largest absolute Gasteiger partial charge is 0.496 e. The van der Waals surface area contributed by atoms with Gasteiger partial charge in [-0.05, 0) is 47.5 Å². The van der Waals surface area contributed by atoms with Crippen molar-refractivity contribution in [1.82, 2.24) is 4.90 Å². The van der Waals surface area contributed by atoms with Gasteiger partial charge in [-0.25, -0.2) is 0 Å². The third kappa shape index (κ3) is 5.20. The van der Waals surface area contributed by atoms with Gasteiger partial charge in [-0.15, -0.1) is 0 Å². The Hall–Kier alpha value is -1.07. The number of carbonyl (C=O) groups excluding carboxylic acids is 1. The minimum absolute atomic E-state index is 0.0411. The molecule has 0 heterocycles. The molecular weight excluding hydrogens is 308 g/mol. The number of halogens is 1. The van der Waals surface area contributed by atoms with Crippen molar-refractivity contribution in [1.29, 1.82) is 0 Å². The van der Waals surface area contributed by atoms with E-state index in [1.54, 1.807) is 19.1 Å². The van der Waals surface area contributed by atoms with Gasteiger partial charge in [0.2, 0.25) is 5.91 Å². The molecule has 0 atom stereocenters. The summed E-state index contributed by atoms with van der Waals surface area (Å²) in [7, 11) is 3.41. The quantitative estimate of drug-likeness (QED) is 0.903. The number of nitrogens with two attached hydrogens (primary N) is 1. The summed E-state index contributed by atoms with van der Waals surface area (Å²) in [5.41, 5.74) is 6.42. The van der Waals surface area contributed by atoms with Crippen LogP contribution in [0.5, 0.6) is 5.75 Å². The van der Waals surface area contributed by atoms with Crippen LogP contribution in [0, 0.1) is 0 Å². The smallest absolute Gasteiger partial charge is 0.224 e. The van der Waals surface area contributed by atoms with Crippen molar-refractivity contribution in [2.75, 3.05) is 14.2 Å². The average molecular weight is 329 g/mol. The lowest BCUT2D eigenvalue weighted by atomic mass is 10.0. The molecule has 1 aromatic carbocycles. The van der Waals surface area contributed by atoms with Gasteiger partial charge in [0.05, 0.1) is 11.6 Å². The molecule has 0 aliphatic heterocycles. The van der Waals surface area contributed by atoms with Crippen LogP contribution in [0.25, 0.3) is 0 Å². The van der Waals surface area contributed by atoms with E-state index in [9.17, 15) is 4.79 Å². The van der Waals surface area contributed by atoms with Gasteiger partial charge < -0.3 is 15.4 Å². The standard InChI is InChI=1S/C14H21BrN2O2/c1-14(2,16)8-13(18)17(3)9-10-5-6-12(19-4)11(15)7-10/h5-7H,8-9,16H2,1-4H3. The van der Waals surface area contributed by atoms with Crippen molar-refractivity contribution in [3.05, 3.63) is 28.2 Å². The molecule has 2 N–H and O–H groups in total. The second-order valence-electron chi connectivity index (χ2n) is 5.38. The second kappa shape index (κ2) is 6.39. The normalized spacial score (nSPS) is 11.3. The van der Waals surface area contributed by atoms with E-state index in [0.29, 0.717) is 13.0 Å². The Labute approximate surface area is 123 Å². The van der Waals surface area contributed by atoms with Gasteiger partial charge in [-0.2, -0.15) is 0 Å². The summed E-state index contributed by atoms with van der Waals surface area (Å²) >= 11 is 3.43. The van der Waals surface area contributed by atoms with Crippen molar-refractivity contribution in [3.8, 4) is 5.75 Å². The monoisotopic (exact) mass is 328 g/mol. The van der Waals surface area contributed by atoms with Crippen LogP contribution in [0.2, 0.25) is 0 Å². The maximum atomic E-state index is 12.0. The summed E-state index contributed by atoms with van der Waals surface area (Å²) in [6.45, 7) is 4.25. The molecule has 0 aromatic heterocycles. The number of carbonyl (C=O) groups is 1. The lowest BCUT2D eigenvalue weighted by Gasteiger charge is -2.23. The number of rotatable bonds is 5. The first-order valence-corrected chi connectivity index (χ1v) is 6.87. The maximum absolute atomic E-state index is 12.0. The minimum atomic E-state index is -0.480. The van der Waals surface area contributed by atoms with Crippen LogP contribution in [-0.4, -0.2) is 30.5 Å². The summed E-state index contributed by atoms with van der Waals surface area (Å²) in [4.78, 5) is 13.7. The fraction of sp³-hybridized carbons (Fsp3) is 0.500. The number of ether oxygens (including phenoxy) is 1. The Kier molecular flexibility index (Phi) is 5.38. The number of benzene rings is 1. The van der Waals surface area contributed by atoms with Crippen LogP contribution in [0.1, 0.15) is 25.8 Å². The lowest BCUT2D eigenvalue weighted by Crippen LogP contribution is -2.39. The molecule has 4 nitrogen and oxygen atoms in total. The SMILES string of the molecule is COc1ccc(CN(C)C(=O)CC(C)(C)N)cc1Br. The van der Waals surface area contributed by atoms with E-state index in [2.05, 4.69) is 15.9 Å². The predicted octanol–water partition coefficient (Wildman–Crippen LogP) is 2.54. The predicted molar refractivity (Wildman–Crippen MR) is 80.1 cm³/mol. The molecule has 0 spiro atoms. The van der Waals surface area contributed by atoms with E-state index in [-0.39, 0.29) is 5.91 Å². The number of hydrogen-bond donors (Lipinski definition) is 1. The fourth-order valence-corrected chi connectivity index (χ4v) is 2.28. The molecule has 0 bridgehead atoms. The third-order valence-electron chi connectivity index (χ3n) is 2.67. The van der Waals surface area contributed by atoms with E-state index >= 15 is 0 Å². The zero-order valence-electron chi connectivity index (χ0n) is 11.9. The van der Waals surface area contributed by atoms with Crippen molar-refractivity contribution >= 4 is 21.8 Å². The zero-order valence-corrected chi connectivity index (χ0v) is 13.5. The van der Waals surface area contributed by atoms with E-state index in [4.69, 9.17) is 10.5 Å². The Balaban J connectivity index is 2.69. The van der Waals surface area contributed by atoms with Crippen molar-refractivity contribution in [2.24, 2.45) is 5.73 Å². The molecule has 0 aliphatic carbocycles. The summed E-state index contributed by atoms with van der Waals surface area (Å²) < 4.78 is 6.06. The number of hydrogen-bond acceptors (Lipinski definition) is 3.